The Hall–Kier alpha value is -1.02. The molecule has 1 nitrogen and oxygen atoms in total. The Bertz CT molecular complexity index is 454. The zero-order valence-electron chi connectivity index (χ0n) is 8.78. The number of thiophene rings is 1. The Balaban J connectivity index is 2.05. The van der Waals surface area contributed by atoms with E-state index in [0.29, 0.717) is 0 Å². The quantitative estimate of drug-likeness (QED) is 0.700. The largest absolute Gasteiger partial charge is 0.371 e. The van der Waals surface area contributed by atoms with Crippen molar-refractivity contribution in [3.8, 4) is 0 Å². The predicted molar refractivity (Wildman–Crippen MR) is 67.9 cm³/mol. The van der Waals surface area contributed by atoms with Crippen LogP contribution in [0.15, 0.2) is 29.6 Å². The van der Waals surface area contributed by atoms with Gasteiger partial charge in [-0.05, 0) is 42.8 Å². The molecule has 0 amide bonds. The molecule has 3 rings (SSSR count). The van der Waals surface area contributed by atoms with Crippen molar-refractivity contribution in [3.05, 3.63) is 29.6 Å². The Morgan fingerprint density at radius 1 is 1.00 bits per heavy atom. The molecule has 1 aliphatic rings. The van der Waals surface area contributed by atoms with Crippen molar-refractivity contribution in [1.82, 2.24) is 0 Å². The van der Waals surface area contributed by atoms with Gasteiger partial charge in [-0.1, -0.05) is 6.07 Å². The molecule has 15 heavy (non-hydrogen) atoms. The van der Waals surface area contributed by atoms with Crippen molar-refractivity contribution >= 4 is 27.1 Å². The minimum absolute atomic E-state index is 1.23. The molecule has 0 radical (unpaired) electrons. The first-order valence-electron chi connectivity index (χ1n) is 5.66. The van der Waals surface area contributed by atoms with Crippen molar-refractivity contribution in [2.24, 2.45) is 0 Å². The van der Waals surface area contributed by atoms with E-state index in [9.17, 15) is 0 Å². The van der Waals surface area contributed by atoms with Gasteiger partial charge in [0.05, 0.1) is 0 Å². The highest BCUT2D eigenvalue weighted by Crippen LogP contribution is 2.31. The van der Waals surface area contributed by atoms with E-state index in [-0.39, 0.29) is 0 Å². The summed E-state index contributed by atoms with van der Waals surface area (Å²) in [5.74, 6) is 0. The highest BCUT2D eigenvalue weighted by molar-refractivity contribution is 7.17. The fourth-order valence-electron chi connectivity index (χ4n) is 2.39. The van der Waals surface area contributed by atoms with Gasteiger partial charge in [0, 0.05) is 28.9 Å². The van der Waals surface area contributed by atoms with Gasteiger partial charge < -0.3 is 4.90 Å². The molecule has 1 saturated heterocycles. The molecule has 1 aromatic carbocycles. The molecule has 1 aromatic heterocycles. The molecule has 0 N–H and O–H groups in total. The van der Waals surface area contributed by atoms with Crippen LogP contribution in [0.25, 0.3) is 10.1 Å². The Morgan fingerprint density at radius 3 is 2.73 bits per heavy atom. The maximum atomic E-state index is 2.54. The molecule has 78 valence electrons. The van der Waals surface area contributed by atoms with E-state index in [1.54, 1.807) is 0 Å². The average molecular weight is 217 g/mol. The molecule has 0 atom stereocenters. The van der Waals surface area contributed by atoms with Crippen molar-refractivity contribution in [2.75, 3.05) is 18.0 Å². The maximum Gasteiger partial charge on any atom is 0.0454 e. The third kappa shape index (κ3) is 1.63. The fraction of sp³-hybridized carbons (Fsp3) is 0.385. The van der Waals surface area contributed by atoms with Crippen LogP contribution in [0.5, 0.6) is 0 Å². The van der Waals surface area contributed by atoms with Gasteiger partial charge >= 0.3 is 0 Å². The normalized spacial score (nSPS) is 17.2. The van der Waals surface area contributed by atoms with Crippen molar-refractivity contribution in [2.45, 2.75) is 19.3 Å². The summed E-state index contributed by atoms with van der Waals surface area (Å²) in [7, 11) is 0. The third-order valence-electron chi connectivity index (χ3n) is 3.17. The smallest absolute Gasteiger partial charge is 0.0454 e. The molecule has 0 unspecified atom stereocenters. The van der Waals surface area contributed by atoms with Gasteiger partial charge in [0.1, 0.15) is 0 Å². The molecular formula is C13H15NS. The minimum atomic E-state index is 1.23. The summed E-state index contributed by atoms with van der Waals surface area (Å²) in [5, 5.41) is 3.63. The van der Waals surface area contributed by atoms with E-state index in [4.69, 9.17) is 0 Å². The Morgan fingerprint density at radius 2 is 1.87 bits per heavy atom. The first kappa shape index (κ1) is 9.22. The first-order valence-corrected chi connectivity index (χ1v) is 6.54. The van der Waals surface area contributed by atoms with Crippen LogP contribution >= 0.6 is 11.3 Å². The van der Waals surface area contributed by atoms with Crippen LogP contribution in [0.3, 0.4) is 0 Å². The zero-order chi connectivity index (χ0) is 10.1. The predicted octanol–water partition coefficient (Wildman–Crippen LogP) is 3.89. The molecule has 2 heterocycles. The van der Waals surface area contributed by atoms with Crippen LogP contribution in [0.1, 0.15) is 19.3 Å². The lowest BCUT2D eigenvalue weighted by atomic mass is 10.1. The summed E-state index contributed by atoms with van der Waals surface area (Å²) < 4.78 is 1.41. The van der Waals surface area contributed by atoms with Gasteiger partial charge in [0.15, 0.2) is 0 Å². The topological polar surface area (TPSA) is 3.24 Å². The molecule has 1 fully saturated rings. The second-order valence-electron chi connectivity index (χ2n) is 4.16. The molecule has 2 aromatic rings. The van der Waals surface area contributed by atoms with E-state index >= 15 is 0 Å². The molecular weight excluding hydrogens is 202 g/mol. The van der Waals surface area contributed by atoms with Crippen molar-refractivity contribution < 1.29 is 0 Å². The van der Waals surface area contributed by atoms with E-state index in [1.165, 1.54) is 48.1 Å². The average Bonchev–Trinajstić information content (AvgIpc) is 2.78. The number of hydrogen-bond donors (Lipinski definition) is 0. The van der Waals surface area contributed by atoms with E-state index in [1.807, 2.05) is 11.3 Å². The highest BCUT2D eigenvalue weighted by atomic mass is 32.1. The fourth-order valence-corrected chi connectivity index (χ4v) is 3.20. The number of fused-ring (bicyclic) bond motifs is 1. The van der Waals surface area contributed by atoms with Crippen molar-refractivity contribution in [3.63, 3.8) is 0 Å². The highest BCUT2D eigenvalue weighted by Gasteiger charge is 2.13. The molecule has 1 aliphatic heterocycles. The Labute approximate surface area is 94.3 Å². The lowest BCUT2D eigenvalue weighted by Gasteiger charge is -2.29. The monoisotopic (exact) mass is 217 g/mol. The van der Waals surface area contributed by atoms with Crippen molar-refractivity contribution in [1.29, 1.82) is 0 Å². The van der Waals surface area contributed by atoms with Crippen LogP contribution in [-0.2, 0) is 0 Å². The number of anilines is 1. The molecule has 0 aliphatic carbocycles. The standard InChI is InChI=1S/C13H15NS/c1-2-8-14(9-3-1)12-5-4-6-13-11(12)7-10-15-13/h4-7,10H,1-3,8-9H2. The van der Waals surface area contributed by atoms with Crippen LogP contribution in [-0.4, -0.2) is 13.1 Å². The van der Waals surface area contributed by atoms with Crippen LogP contribution in [0, 0.1) is 0 Å². The number of piperidine rings is 1. The summed E-state index contributed by atoms with van der Waals surface area (Å²) >= 11 is 1.84. The van der Waals surface area contributed by atoms with Crippen LogP contribution in [0.2, 0.25) is 0 Å². The second kappa shape index (κ2) is 3.86. The van der Waals surface area contributed by atoms with Gasteiger partial charge in [0.25, 0.3) is 0 Å². The third-order valence-corrected chi connectivity index (χ3v) is 4.05. The van der Waals surface area contributed by atoms with Gasteiger partial charge in [-0.15, -0.1) is 11.3 Å². The van der Waals surface area contributed by atoms with Gasteiger partial charge in [0.2, 0.25) is 0 Å². The lowest BCUT2D eigenvalue weighted by molar-refractivity contribution is 0.579. The first-order chi connectivity index (χ1) is 7.45. The summed E-state index contributed by atoms with van der Waals surface area (Å²) in [6.07, 6.45) is 4.09. The molecule has 2 heteroatoms. The van der Waals surface area contributed by atoms with Gasteiger partial charge in [-0.2, -0.15) is 0 Å². The summed E-state index contributed by atoms with van der Waals surface area (Å²) in [5.41, 5.74) is 1.44. The second-order valence-corrected chi connectivity index (χ2v) is 5.10. The molecule has 0 bridgehead atoms. The van der Waals surface area contributed by atoms with E-state index in [0.717, 1.165) is 0 Å². The van der Waals surface area contributed by atoms with Crippen LogP contribution < -0.4 is 4.90 Å². The summed E-state index contributed by atoms with van der Waals surface area (Å²) in [4.78, 5) is 2.54. The van der Waals surface area contributed by atoms with Gasteiger partial charge in [-0.3, -0.25) is 0 Å². The molecule has 0 spiro atoms. The number of hydrogen-bond acceptors (Lipinski definition) is 2. The summed E-state index contributed by atoms with van der Waals surface area (Å²) in [6.45, 7) is 2.46. The number of benzene rings is 1. The van der Waals surface area contributed by atoms with E-state index in [2.05, 4.69) is 34.5 Å². The van der Waals surface area contributed by atoms with Crippen LogP contribution in [0.4, 0.5) is 5.69 Å². The molecule has 0 saturated carbocycles. The van der Waals surface area contributed by atoms with Gasteiger partial charge in [-0.25, -0.2) is 0 Å². The maximum absolute atomic E-state index is 2.54. The number of rotatable bonds is 1. The lowest BCUT2D eigenvalue weighted by Crippen LogP contribution is -2.29. The number of nitrogens with zero attached hydrogens (tertiary/aromatic N) is 1. The minimum Gasteiger partial charge on any atom is -0.371 e. The Kier molecular flexibility index (Phi) is 2.37. The van der Waals surface area contributed by atoms with E-state index < -0.39 is 0 Å². The summed E-state index contributed by atoms with van der Waals surface area (Å²) in [6, 6.07) is 8.92. The SMILES string of the molecule is c1cc(N2CCCCC2)c2ccsc2c1. The zero-order valence-corrected chi connectivity index (χ0v) is 9.59.